The molecule has 1 amide bonds. The summed E-state index contributed by atoms with van der Waals surface area (Å²) in [6.45, 7) is 10.7. The second-order valence-electron chi connectivity index (χ2n) is 5.78. The Morgan fingerprint density at radius 1 is 1.27 bits per heavy atom. The van der Waals surface area contributed by atoms with Crippen LogP contribution in [0.2, 0.25) is 0 Å². The lowest BCUT2D eigenvalue weighted by atomic mass is 10.2. The number of carbonyl (C=O) groups is 2. The SMILES string of the molecule is C=C(C)CN(CC)C(=O)COC(=O)c1cc(Br)c(OCCC)c(OC)c1. The summed E-state index contributed by atoms with van der Waals surface area (Å²) in [5, 5.41) is 0. The lowest BCUT2D eigenvalue weighted by molar-refractivity contribution is -0.133. The van der Waals surface area contributed by atoms with Crippen LogP contribution in [0.15, 0.2) is 28.8 Å². The van der Waals surface area contributed by atoms with Crippen molar-refractivity contribution in [3.8, 4) is 11.5 Å². The van der Waals surface area contributed by atoms with E-state index in [1.165, 1.54) is 13.2 Å². The first kappa shape index (κ1) is 22.0. The maximum atomic E-state index is 12.3. The fraction of sp³-hybridized carbons (Fsp3) is 0.474. The van der Waals surface area contributed by atoms with Gasteiger partial charge >= 0.3 is 5.97 Å². The predicted molar refractivity (Wildman–Crippen MR) is 104 cm³/mol. The van der Waals surface area contributed by atoms with E-state index >= 15 is 0 Å². The van der Waals surface area contributed by atoms with Gasteiger partial charge in [-0.1, -0.05) is 19.1 Å². The van der Waals surface area contributed by atoms with Crippen molar-refractivity contribution in [3.05, 3.63) is 34.3 Å². The molecule has 0 aliphatic heterocycles. The summed E-state index contributed by atoms with van der Waals surface area (Å²) in [4.78, 5) is 26.0. The Bertz CT molecular complexity index is 660. The van der Waals surface area contributed by atoms with Crippen molar-refractivity contribution in [1.29, 1.82) is 0 Å². The Morgan fingerprint density at radius 2 is 1.96 bits per heavy atom. The summed E-state index contributed by atoms with van der Waals surface area (Å²) >= 11 is 3.38. The highest BCUT2D eigenvalue weighted by molar-refractivity contribution is 9.10. The molecular formula is C19H26BrNO5. The lowest BCUT2D eigenvalue weighted by Crippen LogP contribution is -2.35. The van der Waals surface area contributed by atoms with E-state index in [4.69, 9.17) is 14.2 Å². The van der Waals surface area contributed by atoms with Gasteiger partial charge in [0.05, 0.1) is 23.8 Å². The van der Waals surface area contributed by atoms with Gasteiger partial charge in [-0.15, -0.1) is 0 Å². The summed E-state index contributed by atoms with van der Waals surface area (Å²) in [6.07, 6.45) is 0.847. The molecule has 0 aliphatic carbocycles. The third kappa shape index (κ3) is 6.37. The van der Waals surface area contributed by atoms with Gasteiger partial charge in [0.15, 0.2) is 18.1 Å². The molecule has 7 heteroatoms. The van der Waals surface area contributed by atoms with Crippen LogP contribution in [0.1, 0.15) is 37.6 Å². The molecule has 144 valence electrons. The molecule has 0 saturated heterocycles. The monoisotopic (exact) mass is 427 g/mol. The second-order valence-corrected chi connectivity index (χ2v) is 6.63. The standard InChI is InChI=1S/C19H26BrNO5/c1-6-8-25-18-15(20)9-14(10-16(18)24-5)19(23)26-12-17(22)21(7-2)11-13(3)4/h9-10H,3,6-8,11-12H2,1-2,4-5H3. The highest BCUT2D eigenvalue weighted by Gasteiger charge is 2.19. The molecule has 0 fully saturated rings. The molecular weight excluding hydrogens is 402 g/mol. The van der Waals surface area contributed by atoms with Crippen molar-refractivity contribution in [2.45, 2.75) is 27.2 Å². The number of methoxy groups -OCH3 is 1. The van der Waals surface area contributed by atoms with Crippen molar-refractivity contribution in [2.75, 3.05) is 33.4 Å². The summed E-state index contributed by atoms with van der Waals surface area (Å²) < 4.78 is 16.7. The van der Waals surface area contributed by atoms with Crippen LogP contribution in [0.3, 0.4) is 0 Å². The maximum absolute atomic E-state index is 12.3. The summed E-state index contributed by atoms with van der Waals surface area (Å²) in [7, 11) is 1.50. The minimum absolute atomic E-state index is 0.266. The van der Waals surface area contributed by atoms with Crippen LogP contribution in [0.25, 0.3) is 0 Å². The molecule has 1 rings (SSSR count). The topological polar surface area (TPSA) is 65.1 Å². The van der Waals surface area contributed by atoms with E-state index in [1.807, 2.05) is 20.8 Å². The molecule has 0 aliphatic rings. The fourth-order valence-corrected chi connectivity index (χ4v) is 2.74. The Hall–Kier alpha value is -2.02. The highest BCUT2D eigenvalue weighted by Crippen LogP contribution is 2.37. The third-order valence-electron chi connectivity index (χ3n) is 3.44. The van der Waals surface area contributed by atoms with Crippen molar-refractivity contribution in [2.24, 2.45) is 0 Å². The van der Waals surface area contributed by atoms with Crippen LogP contribution in [0.5, 0.6) is 11.5 Å². The van der Waals surface area contributed by atoms with Gasteiger partial charge in [0.2, 0.25) is 0 Å². The van der Waals surface area contributed by atoms with E-state index in [-0.39, 0.29) is 18.1 Å². The first-order valence-corrected chi connectivity index (χ1v) is 9.22. The average molecular weight is 428 g/mol. The smallest absolute Gasteiger partial charge is 0.338 e. The number of benzene rings is 1. The van der Waals surface area contributed by atoms with Crippen LogP contribution in [-0.4, -0.2) is 50.2 Å². The number of esters is 1. The van der Waals surface area contributed by atoms with E-state index < -0.39 is 5.97 Å². The number of rotatable bonds is 10. The largest absolute Gasteiger partial charge is 0.493 e. The van der Waals surface area contributed by atoms with Gasteiger partial charge in [-0.3, -0.25) is 4.79 Å². The predicted octanol–water partition coefficient (Wildman–Crippen LogP) is 3.83. The van der Waals surface area contributed by atoms with Crippen molar-refractivity contribution >= 4 is 27.8 Å². The van der Waals surface area contributed by atoms with Crippen molar-refractivity contribution in [3.63, 3.8) is 0 Å². The van der Waals surface area contributed by atoms with Gasteiger partial charge in [0, 0.05) is 13.1 Å². The molecule has 0 radical (unpaired) electrons. The zero-order valence-corrected chi connectivity index (χ0v) is 17.3. The molecule has 1 aromatic rings. The van der Waals surface area contributed by atoms with Crippen molar-refractivity contribution < 1.29 is 23.8 Å². The minimum atomic E-state index is -0.606. The number of likely N-dealkylation sites (N-methyl/N-ethyl adjacent to an activating group) is 1. The molecule has 0 N–H and O–H groups in total. The van der Waals surface area contributed by atoms with Crippen LogP contribution in [-0.2, 0) is 9.53 Å². The number of halogens is 1. The molecule has 0 aromatic heterocycles. The van der Waals surface area contributed by atoms with Crippen molar-refractivity contribution in [1.82, 2.24) is 4.90 Å². The molecule has 0 unspecified atom stereocenters. The van der Waals surface area contributed by atoms with E-state index in [9.17, 15) is 9.59 Å². The van der Waals surface area contributed by atoms with E-state index in [0.717, 1.165) is 12.0 Å². The number of hydrogen-bond donors (Lipinski definition) is 0. The number of amides is 1. The average Bonchev–Trinajstić information content (AvgIpc) is 2.61. The quantitative estimate of drug-likeness (QED) is 0.419. The molecule has 0 bridgehead atoms. The first-order valence-electron chi connectivity index (χ1n) is 8.43. The number of carbonyl (C=O) groups excluding carboxylic acids is 2. The molecule has 0 atom stereocenters. The van der Waals surface area contributed by atoms with E-state index in [0.29, 0.717) is 35.7 Å². The van der Waals surface area contributed by atoms with Crippen LogP contribution in [0.4, 0.5) is 0 Å². The Labute approximate surface area is 163 Å². The number of hydrogen-bond acceptors (Lipinski definition) is 5. The zero-order chi connectivity index (χ0) is 19.7. The van der Waals surface area contributed by atoms with Crippen LogP contribution < -0.4 is 9.47 Å². The molecule has 0 heterocycles. The highest BCUT2D eigenvalue weighted by atomic mass is 79.9. The lowest BCUT2D eigenvalue weighted by Gasteiger charge is -2.20. The Kier molecular flexibility index (Phi) is 9.19. The molecule has 6 nitrogen and oxygen atoms in total. The fourth-order valence-electron chi connectivity index (χ4n) is 2.19. The van der Waals surface area contributed by atoms with Gasteiger partial charge in [0.25, 0.3) is 5.91 Å². The maximum Gasteiger partial charge on any atom is 0.338 e. The van der Waals surface area contributed by atoms with Gasteiger partial charge in [-0.2, -0.15) is 0 Å². The summed E-state index contributed by atoms with van der Waals surface area (Å²) in [5.41, 5.74) is 1.14. The summed E-state index contributed by atoms with van der Waals surface area (Å²) in [6, 6.07) is 3.12. The third-order valence-corrected chi connectivity index (χ3v) is 4.03. The Balaban J connectivity index is 2.82. The molecule has 26 heavy (non-hydrogen) atoms. The number of nitrogens with zero attached hydrogens (tertiary/aromatic N) is 1. The number of ether oxygens (including phenoxy) is 3. The molecule has 0 saturated carbocycles. The van der Waals surface area contributed by atoms with Crippen LogP contribution >= 0.6 is 15.9 Å². The first-order chi connectivity index (χ1) is 12.3. The zero-order valence-electron chi connectivity index (χ0n) is 15.8. The van der Waals surface area contributed by atoms with Crippen LogP contribution in [0, 0.1) is 0 Å². The Morgan fingerprint density at radius 3 is 2.50 bits per heavy atom. The van der Waals surface area contributed by atoms with Gasteiger partial charge in [-0.25, -0.2) is 4.79 Å². The second kappa shape index (κ2) is 10.9. The molecule has 1 aromatic carbocycles. The normalized spacial score (nSPS) is 10.2. The minimum Gasteiger partial charge on any atom is -0.493 e. The van der Waals surface area contributed by atoms with Gasteiger partial charge in [0.1, 0.15) is 0 Å². The van der Waals surface area contributed by atoms with E-state index in [2.05, 4.69) is 22.5 Å². The van der Waals surface area contributed by atoms with Gasteiger partial charge < -0.3 is 19.1 Å². The summed E-state index contributed by atoms with van der Waals surface area (Å²) in [5.74, 6) is 0.0766. The van der Waals surface area contributed by atoms with Gasteiger partial charge in [-0.05, 0) is 48.3 Å². The van der Waals surface area contributed by atoms with E-state index in [1.54, 1.807) is 11.0 Å². The molecule has 0 spiro atoms.